The number of aliphatic imine (C=N–C) groups is 1. The number of allylic oxidation sites excluding steroid dienone is 1. The molecule has 0 amide bonds. The van der Waals surface area contributed by atoms with Crippen LogP contribution in [-0.2, 0) is 11.8 Å². The molecule has 0 atom stereocenters. The molecule has 0 radical (unpaired) electrons. The van der Waals surface area contributed by atoms with Gasteiger partial charge in [-0.05, 0) is 19.1 Å². The third-order valence-corrected chi connectivity index (χ3v) is 2.00. The first-order chi connectivity index (χ1) is 8.40. The van der Waals surface area contributed by atoms with Gasteiger partial charge in [0.05, 0.1) is 6.34 Å². The van der Waals surface area contributed by atoms with Crippen LogP contribution < -0.4 is 5.69 Å². The van der Waals surface area contributed by atoms with Crippen LogP contribution in [0.2, 0.25) is 0 Å². The quantitative estimate of drug-likeness (QED) is 0.444. The van der Waals surface area contributed by atoms with Crippen molar-refractivity contribution in [2.75, 3.05) is 14.1 Å². The van der Waals surface area contributed by atoms with Crippen molar-refractivity contribution in [1.29, 1.82) is 0 Å². The largest absolute Gasteiger partial charge is 0.369 e. The molecule has 1 heterocycles. The minimum Gasteiger partial charge on any atom is -0.369 e. The van der Waals surface area contributed by atoms with Crippen LogP contribution in [0.3, 0.4) is 0 Å². The minimum absolute atomic E-state index is 0.0774. The van der Waals surface area contributed by atoms with Gasteiger partial charge in [0, 0.05) is 32.9 Å². The highest BCUT2D eigenvalue weighted by Gasteiger charge is 2.03. The second kappa shape index (κ2) is 5.90. The lowest BCUT2D eigenvalue weighted by Gasteiger charge is -2.05. The van der Waals surface area contributed by atoms with Crippen molar-refractivity contribution in [3.63, 3.8) is 0 Å². The van der Waals surface area contributed by atoms with E-state index in [9.17, 15) is 9.59 Å². The Hall–Kier alpha value is -2.24. The molecule has 0 unspecified atom stereocenters. The molecule has 0 aliphatic carbocycles. The van der Waals surface area contributed by atoms with E-state index in [2.05, 4.69) is 9.98 Å². The maximum atomic E-state index is 11.4. The van der Waals surface area contributed by atoms with Crippen LogP contribution in [0.1, 0.15) is 12.5 Å². The molecule has 6 nitrogen and oxygen atoms in total. The van der Waals surface area contributed by atoms with E-state index in [1.807, 2.05) is 14.1 Å². The Bertz CT molecular complexity index is 556. The SMILES string of the molecule is CC(=O)/C=C/c1cn(C)c(=O)nc1/N=C/N(C)C. The van der Waals surface area contributed by atoms with Crippen LogP contribution in [0, 0.1) is 0 Å². The van der Waals surface area contributed by atoms with Crippen LogP contribution in [-0.4, -0.2) is 40.7 Å². The summed E-state index contributed by atoms with van der Waals surface area (Å²) in [4.78, 5) is 32.0. The second-order valence-electron chi connectivity index (χ2n) is 4.07. The van der Waals surface area contributed by atoms with E-state index in [1.54, 1.807) is 30.6 Å². The first-order valence-corrected chi connectivity index (χ1v) is 5.37. The predicted octanol–water partition coefficient (Wildman–Crippen LogP) is 0.604. The lowest BCUT2D eigenvalue weighted by molar-refractivity contribution is -0.112. The third-order valence-electron chi connectivity index (χ3n) is 2.00. The molecule has 0 saturated carbocycles. The maximum absolute atomic E-state index is 11.4. The normalized spacial score (nSPS) is 11.3. The number of nitrogens with zero attached hydrogens (tertiary/aromatic N) is 4. The fraction of sp³-hybridized carbons (Fsp3) is 0.333. The van der Waals surface area contributed by atoms with Crippen molar-refractivity contribution < 1.29 is 4.79 Å². The van der Waals surface area contributed by atoms with Gasteiger partial charge in [-0.25, -0.2) is 9.79 Å². The van der Waals surface area contributed by atoms with Gasteiger partial charge >= 0.3 is 5.69 Å². The second-order valence-corrected chi connectivity index (χ2v) is 4.07. The van der Waals surface area contributed by atoms with Gasteiger partial charge < -0.3 is 9.47 Å². The molecule has 96 valence electrons. The number of carbonyl (C=O) groups excluding carboxylic acids is 1. The molecule has 0 N–H and O–H groups in total. The molecule has 0 spiro atoms. The van der Waals surface area contributed by atoms with Crippen molar-refractivity contribution >= 4 is 24.0 Å². The summed E-state index contributed by atoms with van der Waals surface area (Å²) in [5.74, 6) is 0.218. The highest BCUT2D eigenvalue weighted by molar-refractivity contribution is 5.92. The molecular formula is C12H16N4O2. The Labute approximate surface area is 105 Å². The lowest BCUT2D eigenvalue weighted by Crippen LogP contribution is -2.19. The van der Waals surface area contributed by atoms with Gasteiger partial charge in [0.1, 0.15) is 0 Å². The maximum Gasteiger partial charge on any atom is 0.349 e. The standard InChI is InChI=1S/C12H16N4O2/c1-9(17)5-6-10-7-16(4)12(18)14-11(10)13-8-15(2)3/h5-8H,1-4H3/b6-5+,13-8+. The van der Waals surface area contributed by atoms with Gasteiger partial charge in [-0.3, -0.25) is 4.79 Å². The Morgan fingerprint density at radius 2 is 2.17 bits per heavy atom. The van der Waals surface area contributed by atoms with Crippen molar-refractivity contribution in [3.8, 4) is 0 Å². The Balaban J connectivity index is 3.25. The summed E-state index contributed by atoms with van der Waals surface area (Å²) in [6, 6.07) is 0. The van der Waals surface area contributed by atoms with Crippen LogP contribution >= 0.6 is 0 Å². The van der Waals surface area contributed by atoms with Crippen LogP contribution in [0.4, 0.5) is 5.82 Å². The van der Waals surface area contributed by atoms with Crippen LogP contribution in [0.25, 0.3) is 6.08 Å². The van der Waals surface area contributed by atoms with Gasteiger partial charge in [0.25, 0.3) is 0 Å². The molecule has 0 aliphatic heterocycles. The van der Waals surface area contributed by atoms with Gasteiger partial charge in [0.2, 0.25) is 0 Å². The average molecular weight is 248 g/mol. The zero-order valence-electron chi connectivity index (χ0n) is 10.9. The average Bonchev–Trinajstić information content (AvgIpc) is 2.28. The monoisotopic (exact) mass is 248 g/mol. The molecule has 6 heteroatoms. The molecule has 0 aromatic carbocycles. The number of aromatic nitrogens is 2. The smallest absolute Gasteiger partial charge is 0.349 e. The van der Waals surface area contributed by atoms with Crippen molar-refractivity contribution in [1.82, 2.24) is 14.5 Å². The summed E-state index contributed by atoms with van der Waals surface area (Å²) in [6.07, 6.45) is 6.15. The number of rotatable bonds is 4. The number of carbonyl (C=O) groups is 1. The molecule has 0 bridgehead atoms. The Morgan fingerprint density at radius 3 is 2.72 bits per heavy atom. The van der Waals surface area contributed by atoms with Crippen molar-refractivity contribution in [2.45, 2.75) is 6.92 Å². The van der Waals surface area contributed by atoms with Crippen molar-refractivity contribution in [3.05, 3.63) is 28.3 Å². The molecular weight excluding hydrogens is 232 g/mol. The minimum atomic E-state index is -0.388. The molecule has 0 fully saturated rings. The van der Waals surface area contributed by atoms with Gasteiger partial charge in [-0.1, -0.05) is 0 Å². The first-order valence-electron chi connectivity index (χ1n) is 5.37. The third kappa shape index (κ3) is 3.97. The topological polar surface area (TPSA) is 67.6 Å². The van der Waals surface area contributed by atoms with E-state index >= 15 is 0 Å². The van der Waals surface area contributed by atoms with E-state index in [4.69, 9.17) is 0 Å². The molecule has 1 rings (SSSR count). The predicted molar refractivity (Wildman–Crippen MR) is 71.0 cm³/mol. The van der Waals surface area contributed by atoms with Gasteiger partial charge in [-0.2, -0.15) is 4.98 Å². The summed E-state index contributed by atoms with van der Waals surface area (Å²) < 4.78 is 1.34. The Morgan fingerprint density at radius 1 is 1.50 bits per heavy atom. The highest BCUT2D eigenvalue weighted by atomic mass is 16.1. The van der Waals surface area contributed by atoms with Gasteiger partial charge in [0.15, 0.2) is 11.6 Å². The van der Waals surface area contributed by atoms with Gasteiger partial charge in [-0.15, -0.1) is 0 Å². The van der Waals surface area contributed by atoms with E-state index < -0.39 is 0 Å². The lowest BCUT2D eigenvalue weighted by atomic mass is 10.2. The highest BCUT2D eigenvalue weighted by Crippen LogP contribution is 2.14. The van der Waals surface area contributed by atoms with E-state index in [-0.39, 0.29) is 11.5 Å². The number of hydrogen-bond donors (Lipinski definition) is 0. The van der Waals surface area contributed by atoms with E-state index in [0.717, 1.165) is 0 Å². The summed E-state index contributed by atoms with van der Waals surface area (Å²) in [5, 5.41) is 0. The summed E-state index contributed by atoms with van der Waals surface area (Å²) in [7, 11) is 5.23. The van der Waals surface area contributed by atoms with Crippen LogP contribution in [0.15, 0.2) is 22.1 Å². The van der Waals surface area contributed by atoms with Crippen molar-refractivity contribution in [2.24, 2.45) is 12.0 Å². The zero-order chi connectivity index (χ0) is 13.7. The zero-order valence-corrected chi connectivity index (χ0v) is 10.9. The molecule has 18 heavy (non-hydrogen) atoms. The molecule has 1 aromatic rings. The summed E-state index contributed by atoms with van der Waals surface area (Å²) in [6.45, 7) is 1.45. The number of aryl methyl sites for hydroxylation is 1. The Kier molecular flexibility index (Phi) is 4.53. The molecule has 0 aliphatic rings. The summed E-state index contributed by atoms with van der Waals surface area (Å²) >= 11 is 0. The van der Waals surface area contributed by atoms with E-state index in [1.165, 1.54) is 17.6 Å². The fourth-order valence-corrected chi connectivity index (χ4v) is 1.15. The number of ketones is 1. The van der Waals surface area contributed by atoms with E-state index in [0.29, 0.717) is 11.4 Å². The number of hydrogen-bond acceptors (Lipinski definition) is 4. The fourth-order valence-electron chi connectivity index (χ4n) is 1.15. The van der Waals surface area contributed by atoms with Crippen LogP contribution in [0.5, 0.6) is 0 Å². The summed E-state index contributed by atoms with van der Waals surface area (Å²) in [5.41, 5.74) is 0.228. The molecule has 0 saturated heterocycles. The molecule has 1 aromatic heterocycles. The first kappa shape index (κ1) is 13.8.